The number of anilines is 1. The predicted octanol–water partition coefficient (Wildman–Crippen LogP) is 2.82. The number of halogens is 1. The number of nitrogens with one attached hydrogen (secondary N) is 3. The molecule has 0 saturated heterocycles. The molecule has 0 radical (unpaired) electrons. The maximum Gasteiger partial charge on any atom is 0.337 e. The first-order valence-corrected chi connectivity index (χ1v) is 6.73. The lowest BCUT2D eigenvalue weighted by Gasteiger charge is -2.09. The molecule has 2 aromatic rings. The summed E-state index contributed by atoms with van der Waals surface area (Å²) in [6.07, 6.45) is 0. The molecule has 2 rings (SSSR count). The van der Waals surface area contributed by atoms with Crippen molar-refractivity contribution in [1.29, 1.82) is 0 Å². The van der Waals surface area contributed by atoms with Crippen LogP contribution in [0.3, 0.4) is 0 Å². The first-order valence-electron chi connectivity index (χ1n) is 6.35. The van der Waals surface area contributed by atoms with E-state index in [2.05, 4.69) is 16.2 Å². The fourth-order valence-electron chi connectivity index (χ4n) is 1.66. The van der Waals surface area contributed by atoms with Crippen LogP contribution in [0, 0.1) is 0 Å². The second kappa shape index (κ2) is 7.33. The molecule has 3 N–H and O–H groups in total. The van der Waals surface area contributed by atoms with Crippen LogP contribution < -0.4 is 20.9 Å². The van der Waals surface area contributed by atoms with Crippen LogP contribution in [0.2, 0.25) is 5.02 Å². The summed E-state index contributed by atoms with van der Waals surface area (Å²) in [5, 5.41) is 3.04. The van der Waals surface area contributed by atoms with E-state index in [1.165, 1.54) is 7.11 Å². The highest BCUT2D eigenvalue weighted by molar-refractivity contribution is 6.30. The van der Waals surface area contributed by atoms with Crippen LogP contribution in [0.4, 0.5) is 10.5 Å². The van der Waals surface area contributed by atoms with Crippen LogP contribution in [0.25, 0.3) is 0 Å². The monoisotopic (exact) mass is 319 g/mol. The average Bonchev–Trinajstić information content (AvgIpc) is 2.52. The van der Waals surface area contributed by atoms with Crippen LogP contribution in [0.5, 0.6) is 5.75 Å². The van der Waals surface area contributed by atoms with Gasteiger partial charge in [-0.05, 0) is 42.5 Å². The van der Waals surface area contributed by atoms with Crippen molar-refractivity contribution in [3.8, 4) is 5.75 Å². The fourth-order valence-corrected chi connectivity index (χ4v) is 1.85. The van der Waals surface area contributed by atoms with Crippen LogP contribution in [0.1, 0.15) is 10.4 Å². The van der Waals surface area contributed by atoms with Crippen LogP contribution in [-0.2, 0) is 0 Å². The van der Waals surface area contributed by atoms with E-state index in [1.807, 2.05) is 0 Å². The van der Waals surface area contributed by atoms with Crippen molar-refractivity contribution in [2.24, 2.45) is 0 Å². The summed E-state index contributed by atoms with van der Waals surface area (Å²) in [6, 6.07) is 12.6. The number of benzene rings is 2. The van der Waals surface area contributed by atoms with E-state index in [9.17, 15) is 9.59 Å². The van der Waals surface area contributed by atoms with Gasteiger partial charge in [0.2, 0.25) is 0 Å². The Morgan fingerprint density at radius 2 is 1.77 bits per heavy atom. The molecule has 114 valence electrons. The molecule has 0 unspecified atom stereocenters. The molecule has 0 aromatic heterocycles. The molecule has 0 aliphatic heterocycles. The number of urea groups is 1. The van der Waals surface area contributed by atoms with Gasteiger partial charge in [0.25, 0.3) is 5.91 Å². The van der Waals surface area contributed by atoms with Crippen LogP contribution in [-0.4, -0.2) is 19.0 Å². The lowest BCUT2D eigenvalue weighted by atomic mass is 10.2. The Bertz CT molecular complexity index is 674. The van der Waals surface area contributed by atoms with Gasteiger partial charge in [-0.2, -0.15) is 0 Å². The lowest BCUT2D eigenvalue weighted by Crippen LogP contribution is -2.43. The van der Waals surface area contributed by atoms with Gasteiger partial charge >= 0.3 is 6.03 Å². The average molecular weight is 320 g/mol. The Balaban J connectivity index is 1.86. The Morgan fingerprint density at radius 3 is 2.41 bits per heavy atom. The first kappa shape index (κ1) is 15.7. The number of amides is 3. The highest BCUT2D eigenvalue weighted by Gasteiger charge is 2.07. The van der Waals surface area contributed by atoms with Crippen molar-refractivity contribution < 1.29 is 14.3 Å². The van der Waals surface area contributed by atoms with E-state index >= 15 is 0 Å². The highest BCUT2D eigenvalue weighted by Crippen LogP contribution is 2.14. The van der Waals surface area contributed by atoms with Gasteiger partial charge in [0.15, 0.2) is 0 Å². The van der Waals surface area contributed by atoms with Crippen molar-refractivity contribution in [2.75, 3.05) is 12.4 Å². The van der Waals surface area contributed by atoms with Gasteiger partial charge in [-0.3, -0.25) is 10.2 Å². The SMILES string of the molecule is COc1ccc(C(=O)NNC(=O)Nc2cccc(Cl)c2)cc1. The van der Waals surface area contributed by atoms with Gasteiger partial charge in [0.1, 0.15) is 5.75 Å². The molecule has 0 fully saturated rings. The van der Waals surface area contributed by atoms with Gasteiger partial charge < -0.3 is 10.1 Å². The van der Waals surface area contributed by atoms with E-state index in [-0.39, 0.29) is 0 Å². The van der Waals surface area contributed by atoms with Crippen molar-refractivity contribution >= 4 is 29.2 Å². The number of carbonyl (C=O) groups excluding carboxylic acids is 2. The standard InChI is InChI=1S/C15H14ClN3O3/c1-22-13-7-5-10(6-8-13)14(20)18-19-15(21)17-12-4-2-3-11(16)9-12/h2-9H,1H3,(H,18,20)(H2,17,19,21). The molecule has 0 saturated carbocycles. The van der Waals surface area contributed by atoms with E-state index in [1.54, 1.807) is 48.5 Å². The molecule has 0 spiro atoms. The number of rotatable bonds is 3. The minimum atomic E-state index is -0.580. The third-order valence-electron chi connectivity index (χ3n) is 2.72. The van der Waals surface area contributed by atoms with E-state index in [0.29, 0.717) is 22.0 Å². The number of carbonyl (C=O) groups is 2. The quantitative estimate of drug-likeness (QED) is 0.761. The maximum absolute atomic E-state index is 11.8. The summed E-state index contributed by atoms with van der Waals surface area (Å²) in [5.41, 5.74) is 5.46. The largest absolute Gasteiger partial charge is 0.497 e. The molecule has 0 atom stereocenters. The zero-order valence-electron chi connectivity index (χ0n) is 11.7. The molecule has 2 aromatic carbocycles. The maximum atomic E-state index is 11.8. The molecular weight excluding hydrogens is 306 g/mol. The minimum absolute atomic E-state index is 0.392. The molecular formula is C15H14ClN3O3. The Labute approximate surface area is 132 Å². The van der Waals surface area contributed by atoms with E-state index in [0.717, 1.165) is 0 Å². The summed E-state index contributed by atoms with van der Waals surface area (Å²) in [5.74, 6) is 0.201. The molecule has 3 amide bonds. The summed E-state index contributed by atoms with van der Waals surface area (Å²) in [7, 11) is 1.54. The third kappa shape index (κ3) is 4.39. The van der Waals surface area contributed by atoms with Crippen LogP contribution >= 0.6 is 11.6 Å². The zero-order valence-corrected chi connectivity index (χ0v) is 12.5. The molecule has 0 heterocycles. The number of ether oxygens (including phenoxy) is 1. The first-order chi connectivity index (χ1) is 10.6. The summed E-state index contributed by atoms with van der Waals surface area (Å²) in [4.78, 5) is 23.5. The normalized spacial score (nSPS) is 9.73. The predicted molar refractivity (Wildman–Crippen MR) is 84.1 cm³/mol. The summed E-state index contributed by atoms with van der Waals surface area (Å²) < 4.78 is 5.00. The molecule has 0 aliphatic rings. The Morgan fingerprint density at radius 1 is 1.05 bits per heavy atom. The number of hydrogen-bond acceptors (Lipinski definition) is 3. The molecule has 6 nitrogen and oxygen atoms in total. The fraction of sp³-hybridized carbons (Fsp3) is 0.0667. The second-order valence-corrected chi connectivity index (χ2v) is 4.71. The number of hydrazine groups is 1. The molecule has 0 aliphatic carbocycles. The Kier molecular flexibility index (Phi) is 5.21. The van der Waals surface area contributed by atoms with Gasteiger partial charge in [0, 0.05) is 16.3 Å². The highest BCUT2D eigenvalue weighted by atomic mass is 35.5. The molecule has 7 heteroatoms. The molecule has 0 bridgehead atoms. The van der Waals surface area contributed by atoms with Gasteiger partial charge in [-0.25, -0.2) is 10.2 Å². The van der Waals surface area contributed by atoms with Gasteiger partial charge in [-0.15, -0.1) is 0 Å². The van der Waals surface area contributed by atoms with Gasteiger partial charge in [-0.1, -0.05) is 17.7 Å². The Hall–Kier alpha value is -2.73. The number of methoxy groups -OCH3 is 1. The lowest BCUT2D eigenvalue weighted by molar-refractivity contribution is 0.0938. The summed E-state index contributed by atoms with van der Waals surface area (Å²) >= 11 is 5.81. The summed E-state index contributed by atoms with van der Waals surface area (Å²) in [6.45, 7) is 0. The van der Waals surface area contributed by atoms with Crippen molar-refractivity contribution in [1.82, 2.24) is 10.9 Å². The van der Waals surface area contributed by atoms with E-state index < -0.39 is 11.9 Å². The van der Waals surface area contributed by atoms with E-state index in [4.69, 9.17) is 16.3 Å². The van der Waals surface area contributed by atoms with Crippen molar-refractivity contribution in [2.45, 2.75) is 0 Å². The van der Waals surface area contributed by atoms with Crippen LogP contribution in [0.15, 0.2) is 48.5 Å². The van der Waals surface area contributed by atoms with Crippen molar-refractivity contribution in [3.63, 3.8) is 0 Å². The molecule has 22 heavy (non-hydrogen) atoms. The number of hydrogen-bond donors (Lipinski definition) is 3. The third-order valence-corrected chi connectivity index (χ3v) is 2.96. The zero-order chi connectivity index (χ0) is 15.9. The second-order valence-electron chi connectivity index (χ2n) is 4.27. The van der Waals surface area contributed by atoms with Gasteiger partial charge in [0.05, 0.1) is 7.11 Å². The minimum Gasteiger partial charge on any atom is -0.497 e. The van der Waals surface area contributed by atoms with Crippen molar-refractivity contribution in [3.05, 3.63) is 59.1 Å². The topological polar surface area (TPSA) is 79.5 Å². The smallest absolute Gasteiger partial charge is 0.337 e.